The largest absolute Gasteiger partial charge is 0.479 e. The van der Waals surface area contributed by atoms with Crippen LogP contribution in [-0.4, -0.2) is 19.0 Å². The summed E-state index contributed by atoms with van der Waals surface area (Å²) < 4.78 is 5.28. The van der Waals surface area contributed by atoms with E-state index in [4.69, 9.17) is 4.74 Å². The second-order valence-electron chi connectivity index (χ2n) is 3.41. The lowest BCUT2D eigenvalue weighted by Gasteiger charge is -2.03. The van der Waals surface area contributed by atoms with Gasteiger partial charge in [0.25, 0.3) is 0 Å². The smallest absolute Gasteiger partial charge is 0.183 e. The van der Waals surface area contributed by atoms with Crippen LogP contribution in [0.25, 0.3) is 0 Å². The molecule has 0 aliphatic carbocycles. The van der Waals surface area contributed by atoms with Gasteiger partial charge in [0, 0.05) is 6.42 Å². The lowest BCUT2D eigenvalue weighted by Crippen LogP contribution is -1.99. The highest BCUT2D eigenvalue weighted by atomic mass is 16.5. The molecule has 1 heterocycles. The second kappa shape index (κ2) is 4.37. The number of hydrogen-bond donors (Lipinski definition) is 0. The molecule has 0 fully saturated rings. The normalized spacial score (nSPS) is 16.8. The molecule has 1 rings (SSSR count). The average Bonchev–Trinajstić information content (AvgIpc) is 2.39. The van der Waals surface area contributed by atoms with Crippen molar-refractivity contribution in [2.24, 2.45) is 10.9 Å². The first-order chi connectivity index (χ1) is 5.29. The van der Waals surface area contributed by atoms with E-state index >= 15 is 0 Å². The zero-order valence-corrected chi connectivity index (χ0v) is 7.47. The highest BCUT2D eigenvalue weighted by Gasteiger charge is 2.06. The van der Waals surface area contributed by atoms with Gasteiger partial charge in [0.1, 0.15) is 6.61 Å². The molecule has 1 aliphatic heterocycles. The quantitative estimate of drug-likeness (QED) is 0.610. The van der Waals surface area contributed by atoms with E-state index in [9.17, 15) is 0 Å². The Balaban J connectivity index is 2.03. The Morgan fingerprint density at radius 2 is 2.36 bits per heavy atom. The SMILES string of the molecule is CC(C)CCCC1=NCCO1. The first-order valence-electron chi connectivity index (χ1n) is 4.45. The van der Waals surface area contributed by atoms with Crippen LogP contribution in [0.1, 0.15) is 33.1 Å². The molecule has 0 aromatic heterocycles. The summed E-state index contributed by atoms with van der Waals surface area (Å²) in [6.45, 7) is 6.17. The third-order valence-corrected chi connectivity index (χ3v) is 1.82. The van der Waals surface area contributed by atoms with Gasteiger partial charge in [-0.25, -0.2) is 0 Å². The summed E-state index contributed by atoms with van der Waals surface area (Å²) in [6, 6.07) is 0. The van der Waals surface area contributed by atoms with Crippen LogP contribution < -0.4 is 0 Å². The molecular weight excluding hydrogens is 138 g/mol. The van der Waals surface area contributed by atoms with Crippen molar-refractivity contribution in [1.29, 1.82) is 0 Å². The summed E-state index contributed by atoms with van der Waals surface area (Å²) in [4.78, 5) is 4.23. The molecule has 1 aliphatic rings. The van der Waals surface area contributed by atoms with E-state index in [2.05, 4.69) is 18.8 Å². The summed E-state index contributed by atoms with van der Waals surface area (Å²) in [5.74, 6) is 1.78. The summed E-state index contributed by atoms with van der Waals surface area (Å²) in [5.41, 5.74) is 0. The van der Waals surface area contributed by atoms with E-state index in [1.165, 1.54) is 12.8 Å². The topological polar surface area (TPSA) is 21.6 Å². The van der Waals surface area contributed by atoms with E-state index in [-0.39, 0.29) is 0 Å². The third kappa shape index (κ3) is 3.40. The number of ether oxygens (including phenoxy) is 1. The Morgan fingerprint density at radius 3 is 2.91 bits per heavy atom. The zero-order chi connectivity index (χ0) is 8.10. The molecule has 0 saturated heterocycles. The van der Waals surface area contributed by atoms with Gasteiger partial charge < -0.3 is 4.74 Å². The zero-order valence-electron chi connectivity index (χ0n) is 7.47. The van der Waals surface area contributed by atoms with Crippen LogP contribution in [0.4, 0.5) is 0 Å². The van der Waals surface area contributed by atoms with Gasteiger partial charge in [0.15, 0.2) is 5.90 Å². The minimum Gasteiger partial charge on any atom is -0.479 e. The fourth-order valence-corrected chi connectivity index (χ4v) is 1.19. The summed E-state index contributed by atoms with van der Waals surface area (Å²) >= 11 is 0. The van der Waals surface area contributed by atoms with E-state index in [0.29, 0.717) is 0 Å². The molecule has 0 atom stereocenters. The first kappa shape index (κ1) is 8.57. The van der Waals surface area contributed by atoms with Crippen LogP contribution in [0.2, 0.25) is 0 Å². The van der Waals surface area contributed by atoms with Gasteiger partial charge in [0.2, 0.25) is 0 Å². The van der Waals surface area contributed by atoms with Crippen LogP contribution in [0, 0.1) is 5.92 Å². The van der Waals surface area contributed by atoms with Crippen molar-refractivity contribution in [1.82, 2.24) is 0 Å². The van der Waals surface area contributed by atoms with Crippen LogP contribution in [0.5, 0.6) is 0 Å². The molecule has 0 bridgehead atoms. The third-order valence-electron chi connectivity index (χ3n) is 1.82. The van der Waals surface area contributed by atoms with Crippen LogP contribution in [0.15, 0.2) is 4.99 Å². The van der Waals surface area contributed by atoms with Crippen molar-refractivity contribution in [2.45, 2.75) is 33.1 Å². The van der Waals surface area contributed by atoms with Crippen LogP contribution in [0.3, 0.4) is 0 Å². The molecule has 0 radical (unpaired) electrons. The highest BCUT2D eigenvalue weighted by molar-refractivity contribution is 5.77. The van der Waals surface area contributed by atoms with E-state index in [0.717, 1.165) is 31.4 Å². The van der Waals surface area contributed by atoms with E-state index in [1.54, 1.807) is 0 Å². The maximum Gasteiger partial charge on any atom is 0.183 e. The molecule has 0 N–H and O–H groups in total. The Labute approximate surface area is 68.7 Å². The number of rotatable bonds is 4. The highest BCUT2D eigenvalue weighted by Crippen LogP contribution is 2.09. The van der Waals surface area contributed by atoms with Crippen molar-refractivity contribution in [3.8, 4) is 0 Å². The fourth-order valence-electron chi connectivity index (χ4n) is 1.19. The van der Waals surface area contributed by atoms with Crippen molar-refractivity contribution in [3.63, 3.8) is 0 Å². The molecule has 2 heteroatoms. The molecule has 0 aromatic carbocycles. The van der Waals surface area contributed by atoms with E-state index in [1.807, 2.05) is 0 Å². The minimum absolute atomic E-state index is 0.803. The monoisotopic (exact) mass is 155 g/mol. The predicted molar refractivity (Wildman–Crippen MR) is 46.9 cm³/mol. The predicted octanol–water partition coefficient (Wildman–Crippen LogP) is 2.24. The molecule has 2 nitrogen and oxygen atoms in total. The molecule has 0 unspecified atom stereocenters. The molecule has 0 spiro atoms. The van der Waals surface area contributed by atoms with Gasteiger partial charge in [-0.15, -0.1) is 0 Å². The standard InChI is InChI=1S/C9H17NO/c1-8(2)4-3-5-9-10-6-7-11-9/h8H,3-7H2,1-2H3. The Hall–Kier alpha value is -0.530. The lowest BCUT2D eigenvalue weighted by atomic mass is 10.1. The van der Waals surface area contributed by atoms with Gasteiger partial charge in [0.05, 0.1) is 6.54 Å². The molecular formula is C9H17NO. The number of hydrogen-bond acceptors (Lipinski definition) is 2. The molecule has 0 amide bonds. The molecule has 64 valence electrons. The van der Waals surface area contributed by atoms with Crippen LogP contribution >= 0.6 is 0 Å². The summed E-state index contributed by atoms with van der Waals surface area (Å²) in [7, 11) is 0. The maximum atomic E-state index is 5.28. The molecule has 0 saturated carbocycles. The van der Waals surface area contributed by atoms with Gasteiger partial charge >= 0.3 is 0 Å². The molecule has 0 aromatic rings. The Morgan fingerprint density at radius 1 is 1.55 bits per heavy atom. The number of nitrogens with zero attached hydrogens (tertiary/aromatic N) is 1. The van der Waals surface area contributed by atoms with E-state index < -0.39 is 0 Å². The van der Waals surface area contributed by atoms with Crippen molar-refractivity contribution < 1.29 is 4.74 Å². The Kier molecular flexibility index (Phi) is 3.40. The minimum atomic E-state index is 0.803. The maximum absolute atomic E-state index is 5.28. The Bertz CT molecular complexity index is 140. The van der Waals surface area contributed by atoms with Gasteiger partial charge in [-0.05, 0) is 12.3 Å². The fraction of sp³-hybridized carbons (Fsp3) is 0.889. The average molecular weight is 155 g/mol. The van der Waals surface area contributed by atoms with Gasteiger partial charge in [-0.2, -0.15) is 0 Å². The summed E-state index contributed by atoms with van der Waals surface area (Å²) in [6.07, 6.45) is 3.54. The second-order valence-corrected chi connectivity index (χ2v) is 3.41. The number of aliphatic imine (C=N–C) groups is 1. The summed E-state index contributed by atoms with van der Waals surface area (Å²) in [5, 5.41) is 0. The van der Waals surface area contributed by atoms with Crippen molar-refractivity contribution in [3.05, 3.63) is 0 Å². The van der Waals surface area contributed by atoms with Crippen LogP contribution in [-0.2, 0) is 4.74 Å². The van der Waals surface area contributed by atoms with Gasteiger partial charge in [-0.1, -0.05) is 20.3 Å². The van der Waals surface area contributed by atoms with Crippen molar-refractivity contribution in [2.75, 3.05) is 13.2 Å². The molecule has 11 heavy (non-hydrogen) atoms. The lowest BCUT2D eigenvalue weighted by molar-refractivity contribution is 0.335. The van der Waals surface area contributed by atoms with Gasteiger partial charge in [-0.3, -0.25) is 4.99 Å². The first-order valence-corrected chi connectivity index (χ1v) is 4.45. The van der Waals surface area contributed by atoms with Crippen molar-refractivity contribution >= 4 is 5.90 Å².